The molecule has 0 aliphatic carbocycles. The van der Waals surface area contributed by atoms with E-state index in [0.29, 0.717) is 12.3 Å². The van der Waals surface area contributed by atoms with Crippen molar-refractivity contribution in [3.8, 4) is 5.75 Å². The first-order valence-corrected chi connectivity index (χ1v) is 7.20. The summed E-state index contributed by atoms with van der Waals surface area (Å²) in [5.74, 6) is -0.520. The van der Waals surface area contributed by atoms with Gasteiger partial charge in [0.15, 0.2) is 0 Å². The summed E-state index contributed by atoms with van der Waals surface area (Å²) in [5, 5.41) is 8.76. The molecule has 0 saturated heterocycles. The van der Waals surface area contributed by atoms with Crippen LogP contribution in [0.1, 0.15) is 19.8 Å². The fourth-order valence-corrected chi connectivity index (χ4v) is 1.93. The summed E-state index contributed by atoms with van der Waals surface area (Å²) in [6.07, 6.45) is 0.899. The number of halogens is 1. The van der Waals surface area contributed by atoms with Crippen LogP contribution < -0.4 is 4.74 Å². The first-order valence-electron chi connectivity index (χ1n) is 6.41. The van der Waals surface area contributed by atoms with Gasteiger partial charge in [-0.1, -0.05) is 22.9 Å². The van der Waals surface area contributed by atoms with Gasteiger partial charge in [-0.15, -0.1) is 0 Å². The lowest BCUT2D eigenvalue weighted by molar-refractivity contribution is -0.144. The highest BCUT2D eigenvalue weighted by molar-refractivity contribution is 9.10. The van der Waals surface area contributed by atoms with E-state index in [9.17, 15) is 9.59 Å². The van der Waals surface area contributed by atoms with Crippen LogP contribution in [0.4, 0.5) is 0 Å². The van der Waals surface area contributed by atoms with Gasteiger partial charge in [0.1, 0.15) is 12.3 Å². The summed E-state index contributed by atoms with van der Waals surface area (Å²) in [6.45, 7) is 2.33. The van der Waals surface area contributed by atoms with Crippen molar-refractivity contribution in [3.05, 3.63) is 28.7 Å². The molecule has 0 unspecified atom stereocenters. The van der Waals surface area contributed by atoms with Crippen LogP contribution in [-0.2, 0) is 9.59 Å². The second-order valence-corrected chi connectivity index (χ2v) is 5.18. The number of carbonyl (C=O) groups is 2. The summed E-state index contributed by atoms with van der Waals surface area (Å²) >= 11 is 3.32. The van der Waals surface area contributed by atoms with E-state index in [2.05, 4.69) is 15.9 Å². The number of aliphatic carboxylic acids is 1. The maximum atomic E-state index is 11.9. The summed E-state index contributed by atoms with van der Waals surface area (Å²) < 4.78 is 6.40. The van der Waals surface area contributed by atoms with E-state index in [0.717, 1.165) is 10.9 Å². The molecule has 0 radical (unpaired) electrons. The van der Waals surface area contributed by atoms with E-state index < -0.39 is 5.97 Å². The number of ether oxygens (including phenoxy) is 1. The minimum atomic E-state index is -0.999. The zero-order valence-electron chi connectivity index (χ0n) is 11.3. The number of benzene rings is 1. The molecule has 0 aliphatic heterocycles. The van der Waals surface area contributed by atoms with Gasteiger partial charge in [0.25, 0.3) is 0 Å². The molecule has 110 valence electrons. The second kappa shape index (κ2) is 8.58. The van der Waals surface area contributed by atoms with Crippen LogP contribution in [0.25, 0.3) is 0 Å². The average molecular weight is 344 g/mol. The molecule has 1 amide bonds. The monoisotopic (exact) mass is 343 g/mol. The predicted octanol–water partition coefficient (Wildman–Crippen LogP) is 2.54. The molecule has 1 aromatic rings. The highest BCUT2D eigenvalue weighted by Gasteiger charge is 2.15. The van der Waals surface area contributed by atoms with Gasteiger partial charge in [-0.3, -0.25) is 9.59 Å². The largest absolute Gasteiger partial charge is 0.493 e. The van der Waals surface area contributed by atoms with Gasteiger partial charge < -0.3 is 14.7 Å². The van der Waals surface area contributed by atoms with E-state index in [1.165, 1.54) is 4.90 Å². The molecule has 5 nitrogen and oxygen atoms in total. The van der Waals surface area contributed by atoms with Gasteiger partial charge in [0.2, 0.25) is 5.91 Å². The van der Waals surface area contributed by atoms with Crippen molar-refractivity contribution in [1.29, 1.82) is 0 Å². The molecule has 20 heavy (non-hydrogen) atoms. The maximum Gasteiger partial charge on any atom is 0.323 e. The Bertz CT molecular complexity index is 447. The van der Waals surface area contributed by atoms with Gasteiger partial charge in [-0.05, 0) is 30.7 Å². The summed E-state index contributed by atoms with van der Waals surface area (Å²) in [7, 11) is 0. The van der Waals surface area contributed by atoms with Gasteiger partial charge in [-0.25, -0.2) is 0 Å². The van der Waals surface area contributed by atoms with Gasteiger partial charge >= 0.3 is 5.97 Å². The third-order valence-corrected chi connectivity index (χ3v) is 3.10. The number of carboxylic acids is 1. The van der Waals surface area contributed by atoms with Gasteiger partial charge in [-0.2, -0.15) is 0 Å². The molecule has 1 rings (SSSR count). The SMILES string of the molecule is CCCN(CC(=O)O)C(=O)CCOc1ccc(Br)cc1. The number of hydrogen-bond acceptors (Lipinski definition) is 3. The minimum Gasteiger partial charge on any atom is -0.493 e. The number of carboxylic acid groups (broad SMARTS) is 1. The molecule has 0 aromatic heterocycles. The standard InChI is InChI=1S/C14H18BrNO4/c1-2-8-16(10-14(18)19)13(17)7-9-20-12-5-3-11(15)4-6-12/h3-6H,2,7-10H2,1H3,(H,18,19). The van der Waals surface area contributed by atoms with E-state index in [4.69, 9.17) is 9.84 Å². The lowest BCUT2D eigenvalue weighted by Gasteiger charge is -2.19. The molecular formula is C14H18BrNO4. The molecule has 6 heteroatoms. The molecule has 0 heterocycles. The van der Waals surface area contributed by atoms with Crippen molar-refractivity contribution >= 4 is 27.8 Å². The molecule has 0 fully saturated rings. The first-order chi connectivity index (χ1) is 9.52. The molecule has 1 aromatic carbocycles. The van der Waals surface area contributed by atoms with Crippen molar-refractivity contribution in [2.45, 2.75) is 19.8 Å². The Morgan fingerprint density at radius 2 is 1.95 bits per heavy atom. The quantitative estimate of drug-likeness (QED) is 0.787. The van der Waals surface area contributed by atoms with Crippen LogP contribution >= 0.6 is 15.9 Å². The van der Waals surface area contributed by atoms with Crippen LogP contribution in [0.2, 0.25) is 0 Å². The van der Waals surface area contributed by atoms with Crippen LogP contribution in [-0.4, -0.2) is 41.6 Å². The highest BCUT2D eigenvalue weighted by atomic mass is 79.9. The lowest BCUT2D eigenvalue weighted by atomic mass is 10.3. The Balaban J connectivity index is 2.40. The molecule has 0 aliphatic rings. The number of carbonyl (C=O) groups excluding carboxylic acids is 1. The number of amides is 1. The van der Waals surface area contributed by atoms with Crippen LogP contribution in [0.3, 0.4) is 0 Å². The first kappa shape index (κ1) is 16.5. The molecule has 0 saturated carbocycles. The average Bonchev–Trinajstić information content (AvgIpc) is 2.40. The zero-order valence-corrected chi connectivity index (χ0v) is 12.9. The normalized spacial score (nSPS) is 10.1. The topological polar surface area (TPSA) is 66.8 Å². The Kier molecular flexibility index (Phi) is 7.08. The smallest absolute Gasteiger partial charge is 0.323 e. The van der Waals surface area contributed by atoms with Crippen LogP contribution in [0, 0.1) is 0 Å². The zero-order chi connectivity index (χ0) is 15.0. The number of rotatable bonds is 8. The van der Waals surface area contributed by atoms with Crippen LogP contribution in [0.5, 0.6) is 5.75 Å². The minimum absolute atomic E-state index is 0.170. The molecular weight excluding hydrogens is 326 g/mol. The summed E-state index contributed by atoms with van der Waals surface area (Å²) in [6, 6.07) is 7.31. The molecule has 1 N–H and O–H groups in total. The fraction of sp³-hybridized carbons (Fsp3) is 0.429. The second-order valence-electron chi connectivity index (χ2n) is 4.26. The third kappa shape index (κ3) is 6.06. The fourth-order valence-electron chi connectivity index (χ4n) is 1.67. The van der Waals surface area contributed by atoms with E-state index >= 15 is 0 Å². The number of nitrogens with zero attached hydrogens (tertiary/aromatic N) is 1. The molecule has 0 atom stereocenters. The number of hydrogen-bond donors (Lipinski definition) is 1. The summed E-state index contributed by atoms with van der Waals surface area (Å²) in [5.41, 5.74) is 0. The van der Waals surface area contributed by atoms with Gasteiger partial charge in [0.05, 0.1) is 13.0 Å². The van der Waals surface area contributed by atoms with E-state index in [1.54, 1.807) is 12.1 Å². The molecule has 0 spiro atoms. The Morgan fingerprint density at radius 1 is 1.30 bits per heavy atom. The van der Waals surface area contributed by atoms with Crippen molar-refractivity contribution in [3.63, 3.8) is 0 Å². The predicted molar refractivity (Wildman–Crippen MR) is 78.8 cm³/mol. The maximum absolute atomic E-state index is 11.9. The van der Waals surface area contributed by atoms with Gasteiger partial charge in [0, 0.05) is 11.0 Å². The van der Waals surface area contributed by atoms with Crippen LogP contribution in [0.15, 0.2) is 28.7 Å². The highest BCUT2D eigenvalue weighted by Crippen LogP contribution is 2.16. The van der Waals surface area contributed by atoms with Crippen molar-refractivity contribution < 1.29 is 19.4 Å². The van der Waals surface area contributed by atoms with Crippen molar-refractivity contribution in [2.24, 2.45) is 0 Å². The van der Waals surface area contributed by atoms with Crippen molar-refractivity contribution in [1.82, 2.24) is 4.90 Å². The Labute approximate surface area is 126 Å². The Morgan fingerprint density at radius 3 is 2.50 bits per heavy atom. The Hall–Kier alpha value is -1.56. The van der Waals surface area contributed by atoms with E-state index in [-0.39, 0.29) is 25.5 Å². The third-order valence-electron chi connectivity index (χ3n) is 2.57. The van der Waals surface area contributed by atoms with Crippen molar-refractivity contribution in [2.75, 3.05) is 19.7 Å². The lowest BCUT2D eigenvalue weighted by Crippen LogP contribution is -2.36. The van der Waals surface area contributed by atoms with E-state index in [1.807, 2.05) is 19.1 Å². The summed E-state index contributed by atoms with van der Waals surface area (Å²) in [4.78, 5) is 23.9. The molecule has 0 bridgehead atoms.